The van der Waals surface area contributed by atoms with E-state index in [0.717, 1.165) is 17.5 Å². The van der Waals surface area contributed by atoms with Gasteiger partial charge in [0.15, 0.2) is 11.5 Å². The van der Waals surface area contributed by atoms with Gasteiger partial charge in [0.2, 0.25) is 5.91 Å². The number of methoxy groups -OCH3 is 2. The average molecular weight is 369 g/mol. The molecule has 2 aromatic carbocycles. The maximum absolute atomic E-state index is 13.1. The van der Waals surface area contributed by atoms with Crippen LogP contribution in [-0.4, -0.2) is 39.9 Å². The van der Waals surface area contributed by atoms with Gasteiger partial charge in [-0.25, -0.2) is 0 Å². The lowest BCUT2D eigenvalue weighted by Gasteiger charge is -2.36. The Morgan fingerprint density at radius 1 is 1.04 bits per heavy atom. The van der Waals surface area contributed by atoms with E-state index in [1.807, 2.05) is 48.5 Å². The number of amides is 1. The van der Waals surface area contributed by atoms with E-state index in [9.17, 15) is 4.79 Å². The Kier molecular flexibility index (Phi) is 6.35. The van der Waals surface area contributed by atoms with Gasteiger partial charge in [0, 0.05) is 19.8 Å². The lowest BCUT2D eigenvalue weighted by Crippen LogP contribution is -2.48. The van der Waals surface area contributed by atoms with Crippen molar-refractivity contribution in [3.05, 3.63) is 59.7 Å². The van der Waals surface area contributed by atoms with Crippen LogP contribution in [0, 0.1) is 0 Å². The molecule has 0 bridgehead atoms. The van der Waals surface area contributed by atoms with Crippen molar-refractivity contribution < 1.29 is 19.0 Å². The number of ether oxygens (including phenoxy) is 3. The number of nitrogens with one attached hydrogen (secondary N) is 1. The summed E-state index contributed by atoms with van der Waals surface area (Å²) in [5.74, 6) is 1.49. The van der Waals surface area contributed by atoms with E-state index in [-0.39, 0.29) is 5.91 Å². The minimum Gasteiger partial charge on any atom is -0.493 e. The molecule has 27 heavy (non-hydrogen) atoms. The number of hydrogen-bond acceptors (Lipinski definition) is 4. The van der Waals surface area contributed by atoms with E-state index in [1.165, 1.54) is 0 Å². The van der Waals surface area contributed by atoms with Crippen molar-refractivity contribution in [2.45, 2.75) is 24.7 Å². The largest absolute Gasteiger partial charge is 0.493 e. The van der Waals surface area contributed by atoms with E-state index in [1.54, 1.807) is 14.2 Å². The first-order valence-corrected chi connectivity index (χ1v) is 9.32. The van der Waals surface area contributed by atoms with Gasteiger partial charge in [0.1, 0.15) is 0 Å². The van der Waals surface area contributed by atoms with Crippen LogP contribution in [0.5, 0.6) is 11.5 Å². The van der Waals surface area contributed by atoms with Crippen molar-refractivity contribution in [1.29, 1.82) is 0 Å². The van der Waals surface area contributed by atoms with Gasteiger partial charge in [0.25, 0.3) is 0 Å². The van der Waals surface area contributed by atoms with Crippen LogP contribution in [0.25, 0.3) is 0 Å². The second-order valence-electron chi connectivity index (χ2n) is 6.76. The minimum absolute atomic E-state index is 0.0810. The Morgan fingerprint density at radius 3 is 2.41 bits per heavy atom. The molecule has 0 atom stereocenters. The zero-order valence-electron chi connectivity index (χ0n) is 16.0. The third-order valence-electron chi connectivity index (χ3n) is 5.25. The highest BCUT2D eigenvalue weighted by Gasteiger charge is 2.41. The Bertz CT molecular complexity index is 754. The van der Waals surface area contributed by atoms with E-state index >= 15 is 0 Å². The number of rotatable bonds is 7. The van der Waals surface area contributed by atoms with E-state index < -0.39 is 5.41 Å². The molecule has 0 aromatic heterocycles. The van der Waals surface area contributed by atoms with E-state index in [0.29, 0.717) is 44.1 Å². The quantitative estimate of drug-likeness (QED) is 0.815. The zero-order chi connectivity index (χ0) is 19.1. The van der Waals surface area contributed by atoms with Crippen molar-refractivity contribution in [1.82, 2.24) is 5.32 Å². The lowest BCUT2D eigenvalue weighted by molar-refractivity contribution is -0.130. The van der Waals surface area contributed by atoms with Crippen molar-refractivity contribution >= 4 is 5.91 Å². The maximum Gasteiger partial charge on any atom is 0.230 e. The first-order valence-electron chi connectivity index (χ1n) is 9.32. The van der Waals surface area contributed by atoms with Gasteiger partial charge in [-0.2, -0.15) is 0 Å². The molecule has 1 aliphatic heterocycles. The van der Waals surface area contributed by atoms with Crippen LogP contribution in [0.1, 0.15) is 24.0 Å². The normalized spacial score (nSPS) is 15.8. The zero-order valence-corrected chi connectivity index (χ0v) is 16.0. The smallest absolute Gasteiger partial charge is 0.230 e. The van der Waals surface area contributed by atoms with Crippen LogP contribution in [0.3, 0.4) is 0 Å². The molecule has 1 fully saturated rings. The highest BCUT2D eigenvalue weighted by Crippen LogP contribution is 2.35. The Morgan fingerprint density at radius 2 is 1.74 bits per heavy atom. The summed E-state index contributed by atoms with van der Waals surface area (Å²) in [4.78, 5) is 13.1. The summed E-state index contributed by atoms with van der Waals surface area (Å²) in [5, 5.41) is 3.14. The molecular weight excluding hydrogens is 342 g/mol. The van der Waals surface area contributed by atoms with Gasteiger partial charge in [-0.1, -0.05) is 36.4 Å². The summed E-state index contributed by atoms with van der Waals surface area (Å²) in [5.41, 5.74) is 1.66. The molecule has 0 spiro atoms. The van der Waals surface area contributed by atoms with E-state index in [2.05, 4.69) is 5.32 Å². The topological polar surface area (TPSA) is 56.8 Å². The second-order valence-corrected chi connectivity index (χ2v) is 6.76. The van der Waals surface area contributed by atoms with E-state index in [4.69, 9.17) is 14.2 Å². The molecule has 0 unspecified atom stereocenters. The van der Waals surface area contributed by atoms with Crippen molar-refractivity contribution in [2.24, 2.45) is 0 Å². The van der Waals surface area contributed by atoms with Gasteiger partial charge >= 0.3 is 0 Å². The predicted molar refractivity (Wildman–Crippen MR) is 104 cm³/mol. The van der Waals surface area contributed by atoms with Gasteiger partial charge in [-0.3, -0.25) is 4.79 Å². The molecule has 1 amide bonds. The first kappa shape index (κ1) is 19.2. The monoisotopic (exact) mass is 369 g/mol. The molecule has 5 nitrogen and oxygen atoms in total. The van der Waals surface area contributed by atoms with Gasteiger partial charge in [-0.05, 0) is 42.5 Å². The Balaban J connectivity index is 1.67. The molecule has 1 aliphatic rings. The predicted octanol–water partition coefficient (Wildman–Crippen LogP) is 3.11. The molecule has 1 heterocycles. The van der Waals surface area contributed by atoms with Crippen LogP contribution in [0.15, 0.2) is 48.5 Å². The van der Waals surface area contributed by atoms with Crippen LogP contribution in [-0.2, 0) is 21.4 Å². The Hall–Kier alpha value is -2.53. The number of benzene rings is 2. The average Bonchev–Trinajstić information content (AvgIpc) is 2.74. The lowest BCUT2D eigenvalue weighted by atomic mass is 9.73. The molecule has 2 aromatic rings. The number of hydrogen-bond donors (Lipinski definition) is 1. The summed E-state index contributed by atoms with van der Waals surface area (Å²) in [6, 6.07) is 15.9. The summed E-state index contributed by atoms with van der Waals surface area (Å²) < 4.78 is 16.1. The molecule has 1 saturated heterocycles. The third-order valence-corrected chi connectivity index (χ3v) is 5.25. The molecule has 1 N–H and O–H groups in total. The molecular formula is C22H27NO4. The molecule has 3 rings (SSSR count). The second kappa shape index (κ2) is 8.91. The van der Waals surface area contributed by atoms with Gasteiger partial charge in [0.05, 0.1) is 19.6 Å². The van der Waals surface area contributed by atoms with Crippen molar-refractivity contribution in [2.75, 3.05) is 34.0 Å². The Labute approximate surface area is 160 Å². The molecule has 144 valence electrons. The molecule has 0 radical (unpaired) electrons. The molecule has 5 heteroatoms. The third kappa shape index (κ3) is 4.25. The number of carbonyl (C=O) groups excluding carboxylic acids is 1. The SMILES string of the molecule is COc1ccc(CCNC(=O)C2(c3ccccc3)CCOCC2)cc1OC. The summed E-state index contributed by atoms with van der Waals surface area (Å²) in [6.45, 7) is 1.79. The molecule has 0 saturated carbocycles. The first-order chi connectivity index (χ1) is 13.2. The van der Waals surface area contributed by atoms with Crippen LogP contribution in [0.2, 0.25) is 0 Å². The number of carbonyl (C=O) groups is 1. The fourth-order valence-electron chi connectivity index (χ4n) is 3.65. The van der Waals surface area contributed by atoms with Gasteiger partial charge < -0.3 is 19.5 Å². The van der Waals surface area contributed by atoms with Crippen molar-refractivity contribution in [3.8, 4) is 11.5 Å². The summed E-state index contributed by atoms with van der Waals surface area (Å²) in [6.07, 6.45) is 2.14. The summed E-state index contributed by atoms with van der Waals surface area (Å²) >= 11 is 0. The maximum atomic E-state index is 13.1. The van der Waals surface area contributed by atoms with Crippen LogP contribution >= 0.6 is 0 Å². The minimum atomic E-state index is -0.503. The highest BCUT2D eigenvalue weighted by molar-refractivity contribution is 5.88. The summed E-state index contributed by atoms with van der Waals surface area (Å²) in [7, 11) is 3.24. The fraction of sp³-hybridized carbons (Fsp3) is 0.409. The van der Waals surface area contributed by atoms with Crippen molar-refractivity contribution in [3.63, 3.8) is 0 Å². The van der Waals surface area contributed by atoms with Crippen LogP contribution in [0.4, 0.5) is 0 Å². The van der Waals surface area contributed by atoms with Gasteiger partial charge in [-0.15, -0.1) is 0 Å². The fourth-order valence-corrected chi connectivity index (χ4v) is 3.65. The standard InChI is InChI=1S/C22H27NO4/c1-25-19-9-8-17(16-20(19)26-2)10-13-23-21(24)22(11-14-27-15-12-22)18-6-4-3-5-7-18/h3-9,16H,10-15H2,1-2H3,(H,23,24). The van der Waals surface area contributed by atoms with Crippen LogP contribution < -0.4 is 14.8 Å². The molecule has 0 aliphatic carbocycles. The highest BCUT2D eigenvalue weighted by atomic mass is 16.5.